The molecule has 19 heteroatoms. The average molecular weight is 1340 g/mol. The summed E-state index contributed by atoms with van der Waals surface area (Å²) in [6, 6.07) is 0. The summed E-state index contributed by atoms with van der Waals surface area (Å²) in [5.74, 6) is -2.25. The Hall–Kier alpha value is -3.76. The van der Waals surface area contributed by atoms with E-state index in [-0.39, 0.29) is 25.7 Å². The van der Waals surface area contributed by atoms with Crippen LogP contribution >= 0.6 is 15.6 Å². The van der Waals surface area contributed by atoms with Crippen LogP contribution in [0.3, 0.4) is 0 Å². The minimum absolute atomic E-state index is 0.0834. The third-order valence-electron chi connectivity index (χ3n) is 14.8. The highest BCUT2D eigenvalue weighted by Crippen LogP contribution is 2.45. The second-order valence-electron chi connectivity index (χ2n) is 23.8. The van der Waals surface area contributed by atoms with Gasteiger partial charge in [0.1, 0.15) is 19.3 Å². The van der Waals surface area contributed by atoms with Crippen LogP contribution in [0.2, 0.25) is 0 Å². The van der Waals surface area contributed by atoms with Crippen LogP contribution in [-0.2, 0) is 65.4 Å². The number of aliphatic hydroxyl groups is 1. The summed E-state index contributed by atoms with van der Waals surface area (Å²) in [5, 5.41) is 10.6. The number of carbonyl (C=O) groups excluding carboxylic acids is 4. The van der Waals surface area contributed by atoms with E-state index in [1.54, 1.807) is 0 Å². The Balaban J connectivity index is 5.35. The van der Waals surface area contributed by atoms with Crippen LogP contribution in [-0.4, -0.2) is 96.7 Å². The van der Waals surface area contributed by atoms with Gasteiger partial charge in [0, 0.05) is 25.7 Å². The number of carbonyl (C=O) groups is 4. The van der Waals surface area contributed by atoms with Crippen molar-refractivity contribution in [3.63, 3.8) is 0 Å². The SMILES string of the molecule is CC/C=C\C/C=C\C/C=C\C/C=C\C/C=C\CCCC(=O)OCC(COP(=O)(O)OCC(O)COP(=O)(O)OCC(COC(=O)CCCCCCC/C=C\CCCC)OC(=O)CCCCCCC/C=C\CCCC)OC(=O)CCCCCCCCCCCCCCC. The highest BCUT2D eigenvalue weighted by molar-refractivity contribution is 7.47. The van der Waals surface area contributed by atoms with Crippen molar-refractivity contribution in [1.82, 2.24) is 0 Å². The molecule has 0 spiro atoms. The van der Waals surface area contributed by atoms with Gasteiger partial charge in [0.25, 0.3) is 0 Å². The van der Waals surface area contributed by atoms with Gasteiger partial charge < -0.3 is 33.8 Å². The summed E-state index contributed by atoms with van der Waals surface area (Å²) in [6.07, 6.45) is 64.6. The summed E-state index contributed by atoms with van der Waals surface area (Å²) < 4.78 is 68.1. The molecule has 0 saturated carbocycles. The lowest BCUT2D eigenvalue weighted by atomic mass is 10.0. The van der Waals surface area contributed by atoms with Gasteiger partial charge >= 0.3 is 39.5 Å². The van der Waals surface area contributed by atoms with Gasteiger partial charge in [0.15, 0.2) is 12.2 Å². The first-order valence-corrected chi connectivity index (χ1v) is 38.8. The number of ether oxygens (including phenoxy) is 4. The lowest BCUT2D eigenvalue weighted by Crippen LogP contribution is -2.30. The number of esters is 4. The van der Waals surface area contributed by atoms with Crippen LogP contribution in [0.25, 0.3) is 0 Å². The first-order chi connectivity index (χ1) is 44.7. The van der Waals surface area contributed by atoms with Gasteiger partial charge in [-0.1, -0.05) is 254 Å². The summed E-state index contributed by atoms with van der Waals surface area (Å²) in [7, 11) is -9.94. The van der Waals surface area contributed by atoms with Crippen molar-refractivity contribution < 1.29 is 80.2 Å². The Morgan fingerprint density at radius 2 is 0.587 bits per heavy atom. The number of aliphatic hydroxyl groups excluding tert-OH is 1. The van der Waals surface area contributed by atoms with Crippen molar-refractivity contribution in [1.29, 1.82) is 0 Å². The Morgan fingerprint density at radius 3 is 0.957 bits per heavy atom. The standard InChI is InChI=1S/C73H128O17P2/c1-5-9-13-17-21-25-29-31-32-33-34-36-39-42-46-50-54-58-71(76)84-64-69(90-73(78)60-56-52-48-44-40-35-30-26-22-18-14-10-6-2)66-88-92(81,82)86-62-67(74)61-85-91(79,80)87-65-68(89-72(77)59-55-51-47-43-38-28-24-20-16-12-8-4)63-83-70(75)57-53-49-45-41-37-27-23-19-15-11-7-3/h9,13,19-21,23-25,31-32,34,36,42,46,67-69,74H,5-8,10-12,14-18,22,26-30,33,35,37-41,43-45,47-66H2,1-4H3,(H,79,80)(H,81,82)/b13-9-,23-19-,24-20-,25-21-,32-31-,36-34-,46-42-. The van der Waals surface area contributed by atoms with Gasteiger partial charge in [-0.2, -0.15) is 0 Å². The zero-order valence-corrected chi connectivity index (χ0v) is 59.5. The molecule has 532 valence electrons. The molecule has 5 atom stereocenters. The molecule has 0 radical (unpaired) electrons. The molecule has 0 bridgehead atoms. The quantitative estimate of drug-likeness (QED) is 0.0169. The number of allylic oxidation sites excluding steroid dienone is 14. The largest absolute Gasteiger partial charge is 0.472 e. The molecule has 3 N–H and O–H groups in total. The van der Waals surface area contributed by atoms with E-state index in [0.29, 0.717) is 32.1 Å². The third-order valence-corrected chi connectivity index (χ3v) is 16.7. The Morgan fingerprint density at radius 1 is 0.315 bits per heavy atom. The molecule has 0 aromatic heterocycles. The molecule has 0 aliphatic heterocycles. The van der Waals surface area contributed by atoms with Crippen LogP contribution in [0, 0.1) is 0 Å². The highest BCUT2D eigenvalue weighted by Gasteiger charge is 2.30. The van der Waals surface area contributed by atoms with Crippen molar-refractivity contribution in [3.8, 4) is 0 Å². The first kappa shape index (κ1) is 88.2. The summed E-state index contributed by atoms with van der Waals surface area (Å²) in [6.45, 7) is 4.60. The Kier molecular flexibility index (Phi) is 63.2. The molecule has 17 nitrogen and oxygen atoms in total. The molecule has 0 rings (SSSR count). The maximum Gasteiger partial charge on any atom is 0.472 e. The second-order valence-corrected chi connectivity index (χ2v) is 26.7. The molecule has 0 amide bonds. The predicted molar refractivity (Wildman–Crippen MR) is 372 cm³/mol. The number of phosphoric ester groups is 2. The molecular formula is C73H128O17P2. The van der Waals surface area contributed by atoms with Crippen LogP contribution < -0.4 is 0 Å². The minimum Gasteiger partial charge on any atom is -0.462 e. The van der Waals surface area contributed by atoms with Gasteiger partial charge in [-0.15, -0.1) is 0 Å². The average Bonchev–Trinajstić information content (AvgIpc) is 2.89. The summed E-state index contributed by atoms with van der Waals surface area (Å²) >= 11 is 0. The molecule has 0 aromatic rings. The fraction of sp³-hybridized carbons (Fsp3) is 0.753. The van der Waals surface area contributed by atoms with Crippen molar-refractivity contribution in [3.05, 3.63) is 85.1 Å². The van der Waals surface area contributed by atoms with E-state index >= 15 is 0 Å². The van der Waals surface area contributed by atoms with E-state index in [4.69, 9.17) is 37.0 Å². The van der Waals surface area contributed by atoms with Crippen molar-refractivity contribution in [2.24, 2.45) is 0 Å². The maximum atomic E-state index is 13.0. The van der Waals surface area contributed by atoms with Gasteiger partial charge in [-0.25, -0.2) is 9.13 Å². The molecule has 0 fully saturated rings. The lowest BCUT2D eigenvalue weighted by molar-refractivity contribution is -0.161. The van der Waals surface area contributed by atoms with E-state index in [9.17, 15) is 43.2 Å². The Labute approximate surface area is 557 Å². The fourth-order valence-electron chi connectivity index (χ4n) is 9.33. The van der Waals surface area contributed by atoms with Crippen molar-refractivity contribution in [2.75, 3.05) is 39.6 Å². The topological polar surface area (TPSA) is 237 Å². The molecular weight excluding hydrogens is 1210 g/mol. The van der Waals surface area contributed by atoms with Crippen LogP contribution in [0.1, 0.15) is 297 Å². The maximum absolute atomic E-state index is 13.0. The zero-order chi connectivity index (χ0) is 67.5. The normalized spacial score (nSPS) is 14.6. The number of rotatable bonds is 67. The van der Waals surface area contributed by atoms with Crippen LogP contribution in [0.15, 0.2) is 85.1 Å². The molecule has 0 heterocycles. The number of hydrogen-bond donors (Lipinski definition) is 3. The van der Waals surface area contributed by atoms with Crippen LogP contribution in [0.4, 0.5) is 0 Å². The first-order valence-electron chi connectivity index (χ1n) is 35.8. The smallest absolute Gasteiger partial charge is 0.462 e. The fourth-order valence-corrected chi connectivity index (χ4v) is 10.9. The van der Waals surface area contributed by atoms with Gasteiger partial charge in [-0.05, 0) is 103 Å². The minimum atomic E-state index is -4.98. The molecule has 0 saturated heterocycles. The zero-order valence-electron chi connectivity index (χ0n) is 57.7. The van der Waals surface area contributed by atoms with Gasteiger partial charge in [-0.3, -0.25) is 37.3 Å². The number of phosphoric acid groups is 2. The summed E-state index contributed by atoms with van der Waals surface area (Å²) in [4.78, 5) is 72.5. The molecule has 0 aromatic carbocycles. The van der Waals surface area contributed by atoms with E-state index in [2.05, 4.69) is 101 Å². The predicted octanol–water partition coefficient (Wildman–Crippen LogP) is 19.9. The number of unbranched alkanes of at least 4 members (excludes halogenated alkanes) is 27. The molecule has 0 aliphatic carbocycles. The van der Waals surface area contributed by atoms with E-state index in [1.165, 1.54) is 77.0 Å². The summed E-state index contributed by atoms with van der Waals surface area (Å²) in [5.41, 5.74) is 0. The van der Waals surface area contributed by atoms with Gasteiger partial charge in [0.2, 0.25) is 0 Å². The Bertz CT molecular complexity index is 2090. The number of hydrogen-bond acceptors (Lipinski definition) is 15. The van der Waals surface area contributed by atoms with Gasteiger partial charge in [0.05, 0.1) is 26.4 Å². The second kappa shape index (κ2) is 65.9. The molecule has 5 unspecified atom stereocenters. The van der Waals surface area contributed by atoms with Crippen molar-refractivity contribution in [2.45, 2.75) is 316 Å². The van der Waals surface area contributed by atoms with E-state index in [0.717, 1.165) is 135 Å². The monoisotopic (exact) mass is 1340 g/mol. The van der Waals surface area contributed by atoms with E-state index < -0.39 is 97.5 Å². The third kappa shape index (κ3) is 64.9. The molecule has 0 aliphatic rings. The van der Waals surface area contributed by atoms with Crippen LogP contribution in [0.5, 0.6) is 0 Å². The van der Waals surface area contributed by atoms with E-state index in [1.807, 2.05) is 12.2 Å². The highest BCUT2D eigenvalue weighted by atomic mass is 31.2. The lowest BCUT2D eigenvalue weighted by Gasteiger charge is -2.21. The van der Waals surface area contributed by atoms with Crippen molar-refractivity contribution >= 4 is 39.5 Å². The molecule has 92 heavy (non-hydrogen) atoms.